The fourth-order valence-electron chi connectivity index (χ4n) is 1.50. The molecule has 0 aliphatic rings. The Balaban J connectivity index is 2.77. The van der Waals surface area contributed by atoms with Gasteiger partial charge in [-0.1, -0.05) is 18.2 Å². The van der Waals surface area contributed by atoms with E-state index in [0.717, 1.165) is 6.07 Å². The highest BCUT2D eigenvalue weighted by Gasteiger charge is 2.28. The summed E-state index contributed by atoms with van der Waals surface area (Å²) in [5, 5.41) is 11.2. The predicted octanol–water partition coefficient (Wildman–Crippen LogP) is 2.17. The number of halogens is 3. The summed E-state index contributed by atoms with van der Waals surface area (Å²) in [7, 11) is 0. The van der Waals surface area contributed by atoms with Crippen molar-refractivity contribution in [2.75, 3.05) is 6.61 Å². The Morgan fingerprint density at radius 2 is 2.13 bits per heavy atom. The van der Waals surface area contributed by atoms with Crippen LogP contribution in [0.4, 0.5) is 13.2 Å². The van der Waals surface area contributed by atoms with Gasteiger partial charge in [-0.15, -0.1) is 0 Å². The monoisotopic (exact) mass is 332 g/mol. The second kappa shape index (κ2) is 8.16. The van der Waals surface area contributed by atoms with E-state index in [4.69, 9.17) is 5.11 Å². The van der Waals surface area contributed by atoms with Crippen molar-refractivity contribution in [3.63, 3.8) is 0 Å². The van der Waals surface area contributed by atoms with Gasteiger partial charge in [0, 0.05) is 6.07 Å². The van der Waals surface area contributed by atoms with Gasteiger partial charge in [0.1, 0.15) is 11.7 Å². The molecule has 0 fully saturated rings. The maximum Gasteiger partial charge on any atom is 0.422 e. The zero-order chi connectivity index (χ0) is 17.5. The van der Waals surface area contributed by atoms with Gasteiger partial charge in [0.2, 0.25) is 5.88 Å². The molecule has 23 heavy (non-hydrogen) atoms. The fraction of sp³-hybridized carbons (Fsp3) is 0.357. The van der Waals surface area contributed by atoms with Crippen LogP contribution in [0.15, 0.2) is 30.4 Å². The molecule has 1 unspecified atom stereocenters. The third-order valence-electron chi connectivity index (χ3n) is 2.55. The smallest absolute Gasteiger partial charge is 0.422 e. The number of nitrogens with zero attached hydrogens (tertiary/aromatic N) is 1. The third-order valence-corrected chi connectivity index (χ3v) is 2.55. The maximum absolute atomic E-state index is 12.1. The first-order valence-electron chi connectivity index (χ1n) is 6.54. The number of hydrogen-bond acceptors (Lipinski definition) is 4. The van der Waals surface area contributed by atoms with Crippen LogP contribution in [0.5, 0.6) is 5.88 Å². The number of alkyl halides is 3. The Hall–Kier alpha value is -2.58. The van der Waals surface area contributed by atoms with E-state index >= 15 is 0 Å². The highest BCUT2D eigenvalue weighted by molar-refractivity contribution is 5.95. The molecule has 2 N–H and O–H groups in total. The molecule has 9 heteroatoms. The normalized spacial score (nSPS) is 12.9. The minimum absolute atomic E-state index is 0.0713. The number of aromatic nitrogens is 1. The van der Waals surface area contributed by atoms with Crippen LogP contribution in [0.2, 0.25) is 0 Å². The minimum Gasteiger partial charge on any atom is -0.480 e. The number of carbonyl (C=O) groups is 2. The average Bonchev–Trinajstić information content (AvgIpc) is 2.48. The Morgan fingerprint density at radius 3 is 2.70 bits per heavy atom. The summed E-state index contributed by atoms with van der Waals surface area (Å²) in [5.41, 5.74) is -0.239. The molecule has 0 aliphatic heterocycles. The highest BCUT2D eigenvalue weighted by Crippen LogP contribution is 2.17. The lowest BCUT2D eigenvalue weighted by molar-refractivity contribution is -0.154. The number of carboxylic acid groups (broad SMARTS) is 1. The Morgan fingerprint density at radius 1 is 1.43 bits per heavy atom. The Bertz CT molecular complexity index is 588. The molecule has 1 aromatic heterocycles. The molecule has 0 radical (unpaired) electrons. The zero-order valence-electron chi connectivity index (χ0n) is 12.1. The van der Waals surface area contributed by atoms with E-state index in [1.54, 1.807) is 19.1 Å². The first-order valence-corrected chi connectivity index (χ1v) is 6.54. The van der Waals surface area contributed by atoms with E-state index < -0.39 is 30.7 Å². The molecule has 126 valence electrons. The van der Waals surface area contributed by atoms with Gasteiger partial charge in [-0.05, 0) is 19.4 Å². The summed E-state index contributed by atoms with van der Waals surface area (Å²) in [5.74, 6) is -2.43. The van der Waals surface area contributed by atoms with Crippen molar-refractivity contribution in [1.29, 1.82) is 0 Å². The van der Waals surface area contributed by atoms with E-state index in [0.29, 0.717) is 0 Å². The van der Waals surface area contributed by atoms with Gasteiger partial charge >= 0.3 is 12.1 Å². The minimum atomic E-state index is -4.53. The maximum atomic E-state index is 12.1. The molecule has 1 aromatic rings. The largest absolute Gasteiger partial charge is 0.480 e. The van der Waals surface area contributed by atoms with Gasteiger partial charge in [0.25, 0.3) is 5.91 Å². The number of hydrogen-bond donors (Lipinski definition) is 2. The number of ether oxygens (including phenoxy) is 1. The SMILES string of the molecule is C/C=C/CC(NC(=O)c1cccc(OCC(F)(F)F)n1)C(=O)O. The van der Waals surface area contributed by atoms with Gasteiger partial charge in [-0.3, -0.25) is 4.79 Å². The van der Waals surface area contributed by atoms with Crippen LogP contribution in [0, 0.1) is 0 Å². The van der Waals surface area contributed by atoms with E-state index in [9.17, 15) is 22.8 Å². The molecule has 1 heterocycles. The summed E-state index contributed by atoms with van der Waals surface area (Å²) < 4.78 is 40.7. The van der Waals surface area contributed by atoms with Crippen molar-refractivity contribution in [3.05, 3.63) is 36.0 Å². The quantitative estimate of drug-likeness (QED) is 0.747. The average molecular weight is 332 g/mol. The van der Waals surface area contributed by atoms with Crippen molar-refractivity contribution < 1.29 is 32.6 Å². The summed E-state index contributed by atoms with van der Waals surface area (Å²) in [6.07, 6.45) is -1.26. The molecule has 1 amide bonds. The Kier molecular flexibility index (Phi) is 6.55. The number of amides is 1. The van der Waals surface area contributed by atoms with E-state index in [-0.39, 0.29) is 18.0 Å². The van der Waals surface area contributed by atoms with Gasteiger partial charge < -0.3 is 15.2 Å². The van der Waals surface area contributed by atoms with Crippen molar-refractivity contribution in [1.82, 2.24) is 10.3 Å². The van der Waals surface area contributed by atoms with E-state index in [1.807, 2.05) is 0 Å². The second-order valence-electron chi connectivity index (χ2n) is 4.43. The molecular formula is C14H15F3N2O4. The van der Waals surface area contributed by atoms with Gasteiger partial charge in [-0.25, -0.2) is 9.78 Å². The lowest BCUT2D eigenvalue weighted by atomic mass is 10.2. The highest BCUT2D eigenvalue weighted by atomic mass is 19.4. The van der Waals surface area contributed by atoms with Crippen LogP contribution < -0.4 is 10.1 Å². The van der Waals surface area contributed by atoms with Crippen molar-refractivity contribution in [2.45, 2.75) is 25.6 Å². The number of pyridine rings is 1. The van der Waals surface area contributed by atoms with E-state index in [2.05, 4.69) is 15.0 Å². The third kappa shape index (κ3) is 6.81. The first-order chi connectivity index (χ1) is 10.7. The van der Waals surface area contributed by atoms with Crippen LogP contribution in [-0.4, -0.2) is 40.8 Å². The summed E-state index contributed by atoms with van der Waals surface area (Å²) in [6, 6.07) is 2.52. The van der Waals surface area contributed by atoms with E-state index in [1.165, 1.54) is 12.1 Å². The molecule has 6 nitrogen and oxygen atoms in total. The molecule has 0 spiro atoms. The second-order valence-corrected chi connectivity index (χ2v) is 4.43. The standard InChI is InChI=1S/C14H15F3N2O4/c1-2-3-5-10(13(21)22)19-12(20)9-6-4-7-11(18-9)23-8-14(15,16)17/h2-4,6-7,10H,5,8H2,1H3,(H,19,20)(H,21,22)/b3-2+. The Labute approximate surface area is 130 Å². The van der Waals surface area contributed by atoms with Crippen molar-refractivity contribution in [2.24, 2.45) is 0 Å². The van der Waals surface area contributed by atoms with Crippen LogP contribution in [0.25, 0.3) is 0 Å². The summed E-state index contributed by atoms with van der Waals surface area (Å²) in [4.78, 5) is 26.6. The van der Waals surface area contributed by atoms with Crippen LogP contribution in [0.3, 0.4) is 0 Å². The van der Waals surface area contributed by atoms with Crippen LogP contribution >= 0.6 is 0 Å². The fourth-order valence-corrected chi connectivity index (χ4v) is 1.50. The zero-order valence-corrected chi connectivity index (χ0v) is 12.1. The number of allylic oxidation sites excluding steroid dienone is 1. The number of rotatable bonds is 7. The van der Waals surface area contributed by atoms with Crippen molar-refractivity contribution in [3.8, 4) is 5.88 Å². The number of carbonyl (C=O) groups excluding carboxylic acids is 1. The molecule has 0 saturated heterocycles. The van der Waals surface area contributed by atoms with Gasteiger partial charge in [0.15, 0.2) is 6.61 Å². The van der Waals surface area contributed by atoms with Gasteiger partial charge in [0.05, 0.1) is 0 Å². The molecule has 1 rings (SSSR count). The van der Waals surface area contributed by atoms with Crippen LogP contribution in [-0.2, 0) is 4.79 Å². The summed E-state index contributed by atoms with van der Waals surface area (Å²) >= 11 is 0. The molecule has 0 bridgehead atoms. The lowest BCUT2D eigenvalue weighted by Crippen LogP contribution is -2.40. The van der Waals surface area contributed by atoms with Gasteiger partial charge in [-0.2, -0.15) is 13.2 Å². The molecular weight excluding hydrogens is 317 g/mol. The molecule has 1 atom stereocenters. The first kappa shape index (κ1) is 18.5. The molecule has 0 aliphatic carbocycles. The number of carboxylic acids is 1. The molecule has 0 aromatic carbocycles. The van der Waals surface area contributed by atoms with Crippen LogP contribution in [0.1, 0.15) is 23.8 Å². The lowest BCUT2D eigenvalue weighted by Gasteiger charge is -2.13. The number of nitrogens with one attached hydrogen (secondary N) is 1. The topological polar surface area (TPSA) is 88.5 Å². The molecule has 0 saturated carbocycles. The van der Waals surface area contributed by atoms with Crippen molar-refractivity contribution >= 4 is 11.9 Å². The summed E-state index contributed by atoms with van der Waals surface area (Å²) in [6.45, 7) is 0.161. The predicted molar refractivity (Wildman–Crippen MR) is 74.1 cm³/mol. The number of aliphatic carboxylic acids is 1.